The van der Waals surface area contributed by atoms with Crippen LogP contribution in [0.2, 0.25) is 0 Å². The summed E-state index contributed by atoms with van der Waals surface area (Å²) >= 11 is 2.18. The van der Waals surface area contributed by atoms with Crippen molar-refractivity contribution in [1.82, 2.24) is 20.2 Å². The first-order valence-corrected chi connectivity index (χ1v) is 5.54. The van der Waals surface area contributed by atoms with E-state index in [0.717, 1.165) is 3.57 Å². The van der Waals surface area contributed by atoms with Crippen molar-refractivity contribution < 1.29 is 4.79 Å². The number of hydrogen-bond donors (Lipinski definition) is 1. The zero-order chi connectivity index (χ0) is 11.5. The third-order valence-corrected chi connectivity index (χ3v) is 2.56. The molecule has 1 N–H and O–H groups in total. The Morgan fingerprint density at radius 2 is 2.06 bits per heavy atom. The summed E-state index contributed by atoms with van der Waals surface area (Å²) in [6.07, 6.45) is 0. The van der Waals surface area contributed by atoms with Gasteiger partial charge in [0.25, 0.3) is 11.9 Å². The van der Waals surface area contributed by atoms with E-state index < -0.39 is 0 Å². The number of rotatable bonds is 2. The Bertz CT molecular complexity index is 507. The van der Waals surface area contributed by atoms with Gasteiger partial charge in [0.2, 0.25) is 0 Å². The number of hydrogen-bond acceptors (Lipinski definition) is 4. The second-order valence-corrected chi connectivity index (χ2v) is 4.31. The molecule has 1 amide bonds. The Labute approximate surface area is 105 Å². The van der Waals surface area contributed by atoms with E-state index in [4.69, 9.17) is 0 Å². The van der Waals surface area contributed by atoms with E-state index in [1.165, 1.54) is 4.80 Å². The Kier molecular flexibility index (Phi) is 3.13. The zero-order valence-electron chi connectivity index (χ0n) is 8.38. The van der Waals surface area contributed by atoms with Gasteiger partial charge in [0.05, 0.1) is 7.05 Å². The molecule has 0 fully saturated rings. The lowest BCUT2D eigenvalue weighted by Crippen LogP contribution is -2.13. The second kappa shape index (κ2) is 4.56. The number of nitrogens with zero attached hydrogens (tertiary/aromatic N) is 4. The predicted molar refractivity (Wildman–Crippen MR) is 65.9 cm³/mol. The van der Waals surface area contributed by atoms with Gasteiger partial charge in [0, 0.05) is 9.13 Å². The fourth-order valence-corrected chi connectivity index (χ4v) is 1.47. The molecule has 6 nitrogen and oxygen atoms in total. The highest BCUT2D eigenvalue weighted by Crippen LogP contribution is 2.08. The molecule has 0 aliphatic rings. The molecular weight excluding hydrogens is 321 g/mol. The van der Waals surface area contributed by atoms with Crippen LogP contribution in [0.15, 0.2) is 24.3 Å². The molecule has 1 aromatic heterocycles. The monoisotopic (exact) mass is 329 g/mol. The number of aromatic nitrogens is 4. The maximum atomic E-state index is 11.7. The van der Waals surface area contributed by atoms with Crippen LogP contribution in [0.1, 0.15) is 10.4 Å². The number of aryl methyl sites for hydroxylation is 1. The lowest BCUT2D eigenvalue weighted by atomic mass is 10.2. The van der Waals surface area contributed by atoms with Crippen molar-refractivity contribution in [2.75, 3.05) is 5.32 Å². The number of amides is 1. The first-order chi connectivity index (χ1) is 7.65. The van der Waals surface area contributed by atoms with Gasteiger partial charge >= 0.3 is 0 Å². The fraction of sp³-hybridized carbons (Fsp3) is 0.111. The molecule has 7 heteroatoms. The first kappa shape index (κ1) is 11.0. The minimum atomic E-state index is -0.246. The lowest BCUT2D eigenvalue weighted by Gasteiger charge is -2.00. The Morgan fingerprint density at radius 3 is 2.62 bits per heavy atom. The van der Waals surface area contributed by atoms with Crippen molar-refractivity contribution in [1.29, 1.82) is 0 Å². The lowest BCUT2D eigenvalue weighted by molar-refractivity contribution is 0.102. The van der Waals surface area contributed by atoms with Crippen molar-refractivity contribution in [2.45, 2.75) is 0 Å². The van der Waals surface area contributed by atoms with Crippen molar-refractivity contribution in [3.8, 4) is 0 Å². The minimum Gasteiger partial charge on any atom is -0.288 e. The molecule has 2 rings (SSSR count). The number of carbonyl (C=O) groups is 1. The molecule has 0 radical (unpaired) electrons. The normalized spacial score (nSPS) is 10.1. The molecule has 1 heterocycles. The third kappa shape index (κ3) is 2.54. The maximum absolute atomic E-state index is 11.7. The van der Waals surface area contributed by atoms with Gasteiger partial charge in [-0.3, -0.25) is 10.1 Å². The summed E-state index contributed by atoms with van der Waals surface area (Å²) in [4.78, 5) is 13.0. The summed E-state index contributed by atoms with van der Waals surface area (Å²) in [5, 5.41) is 13.7. The van der Waals surface area contributed by atoms with Gasteiger partial charge in [-0.2, -0.15) is 4.80 Å². The molecule has 0 saturated heterocycles. The number of nitrogens with one attached hydrogen (secondary N) is 1. The fourth-order valence-electron chi connectivity index (χ4n) is 1.11. The van der Waals surface area contributed by atoms with Gasteiger partial charge in [0.15, 0.2) is 0 Å². The van der Waals surface area contributed by atoms with Crippen LogP contribution in [0.5, 0.6) is 0 Å². The predicted octanol–water partition coefficient (Wildman–Crippen LogP) is 1.07. The highest BCUT2D eigenvalue weighted by molar-refractivity contribution is 14.1. The van der Waals surface area contributed by atoms with E-state index in [1.54, 1.807) is 19.2 Å². The van der Waals surface area contributed by atoms with Crippen molar-refractivity contribution in [2.24, 2.45) is 7.05 Å². The van der Waals surface area contributed by atoms with Crippen LogP contribution in [0.25, 0.3) is 0 Å². The Balaban J connectivity index is 2.11. The third-order valence-electron chi connectivity index (χ3n) is 1.84. The van der Waals surface area contributed by atoms with Crippen LogP contribution in [0.3, 0.4) is 0 Å². The molecule has 0 atom stereocenters. The first-order valence-electron chi connectivity index (χ1n) is 4.46. The van der Waals surface area contributed by atoms with Crippen LogP contribution in [0.4, 0.5) is 5.95 Å². The van der Waals surface area contributed by atoms with E-state index in [-0.39, 0.29) is 11.9 Å². The summed E-state index contributed by atoms with van der Waals surface area (Å²) in [5.41, 5.74) is 0.563. The molecule has 0 spiro atoms. The average molecular weight is 329 g/mol. The van der Waals surface area contributed by atoms with Crippen molar-refractivity contribution in [3.05, 3.63) is 33.4 Å². The second-order valence-electron chi connectivity index (χ2n) is 3.06. The van der Waals surface area contributed by atoms with Gasteiger partial charge in [-0.15, -0.1) is 5.10 Å². The smallest absolute Gasteiger partial charge is 0.270 e. The average Bonchev–Trinajstić information content (AvgIpc) is 2.65. The van der Waals surface area contributed by atoms with Gasteiger partial charge < -0.3 is 0 Å². The molecule has 82 valence electrons. The van der Waals surface area contributed by atoms with Gasteiger partial charge in [-0.05, 0) is 52.1 Å². The molecule has 0 aliphatic heterocycles. The number of carbonyl (C=O) groups excluding carboxylic acids is 1. The minimum absolute atomic E-state index is 0.200. The molecule has 1 aromatic carbocycles. The maximum Gasteiger partial charge on any atom is 0.270 e. The van der Waals surface area contributed by atoms with E-state index >= 15 is 0 Å². The molecule has 2 aromatic rings. The molecule has 0 unspecified atom stereocenters. The summed E-state index contributed by atoms with van der Waals surface area (Å²) in [6, 6.07) is 7.21. The summed E-state index contributed by atoms with van der Waals surface area (Å²) < 4.78 is 1.08. The topological polar surface area (TPSA) is 72.7 Å². The highest BCUT2D eigenvalue weighted by Gasteiger charge is 2.08. The van der Waals surface area contributed by atoms with Crippen LogP contribution < -0.4 is 5.32 Å². The SMILES string of the molecule is Cn1nnc(NC(=O)c2ccc(I)cc2)n1. The molecule has 0 aliphatic carbocycles. The molecule has 0 saturated carbocycles. The molecule has 16 heavy (non-hydrogen) atoms. The Morgan fingerprint density at radius 1 is 1.38 bits per heavy atom. The van der Waals surface area contributed by atoms with Crippen LogP contribution in [-0.4, -0.2) is 26.1 Å². The summed E-state index contributed by atoms with van der Waals surface area (Å²) in [6.45, 7) is 0. The quantitative estimate of drug-likeness (QED) is 0.837. The zero-order valence-corrected chi connectivity index (χ0v) is 10.5. The summed E-state index contributed by atoms with van der Waals surface area (Å²) in [7, 11) is 1.63. The van der Waals surface area contributed by atoms with Gasteiger partial charge in [-0.25, -0.2) is 0 Å². The largest absolute Gasteiger partial charge is 0.288 e. The van der Waals surface area contributed by atoms with Crippen molar-refractivity contribution in [3.63, 3.8) is 0 Å². The summed E-state index contributed by atoms with van der Waals surface area (Å²) in [5.74, 6) is -0.0459. The van der Waals surface area contributed by atoms with E-state index in [1.807, 2.05) is 12.1 Å². The highest BCUT2D eigenvalue weighted by atomic mass is 127. The van der Waals surface area contributed by atoms with Gasteiger partial charge in [-0.1, -0.05) is 5.10 Å². The van der Waals surface area contributed by atoms with Crippen LogP contribution in [-0.2, 0) is 7.05 Å². The number of tetrazole rings is 1. The van der Waals surface area contributed by atoms with E-state index in [9.17, 15) is 4.79 Å². The number of benzene rings is 1. The van der Waals surface area contributed by atoms with Crippen LogP contribution >= 0.6 is 22.6 Å². The number of anilines is 1. The molecular formula is C9H8IN5O. The number of halogens is 1. The van der Waals surface area contributed by atoms with Crippen molar-refractivity contribution >= 4 is 34.4 Å². The molecule has 0 bridgehead atoms. The van der Waals surface area contributed by atoms with E-state index in [0.29, 0.717) is 5.56 Å². The van der Waals surface area contributed by atoms with Gasteiger partial charge in [0.1, 0.15) is 0 Å². The Hall–Kier alpha value is -1.51. The standard InChI is InChI=1S/C9H8IN5O/c1-15-13-9(12-14-15)11-8(16)6-2-4-7(10)5-3-6/h2-5H,1H3,(H,11,13,16). The van der Waals surface area contributed by atoms with E-state index in [2.05, 4.69) is 43.3 Å². The van der Waals surface area contributed by atoms with Crippen LogP contribution in [0, 0.1) is 3.57 Å².